The Labute approximate surface area is 109 Å². The average molecular weight is 251 g/mol. The van der Waals surface area contributed by atoms with Gasteiger partial charge in [0.25, 0.3) is 0 Å². The molecule has 94 valence electrons. The van der Waals surface area contributed by atoms with Gasteiger partial charge in [-0.3, -0.25) is 9.88 Å². The summed E-state index contributed by atoms with van der Waals surface area (Å²) in [5.41, 5.74) is 7.53. The molecule has 3 nitrogen and oxygen atoms in total. The number of pyridine rings is 1. The molecule has 0 radical (unpaired) electrons. The van der Waals surface area contributed by atoms with Crippen LogP contribution in [0.2, 0.25) is 0 Å². The van der Waals surface area contributed by atoms with Crippen molar-refractivity contribution in [3.05, 3.63) is 29.6 Å². The van der Waals surface area contributed by atoms with Gasteiger partial charge >= 0.3 is 0 Å². The predicted octanol–water partition coefficient (Wildman–Crippen LogP) is 2.34. The number of aromatic nitrogens is 1. The molecule has 1 aromatic heterocycles. The first-order valence-corrected chi connectivity index (χ1v) is 6.41. The van der Waals surface area contributed by atoms with Gasteiger partial charge in [-0.1, -0.05) is 31.6 Å². The Balaban J connectivity index is 2.77. The minimum atomic E-state index is 0.372. The van der Waals surface area contributed by atoms with Crippen molar-refractivity contribution in [2.45, 2.75) is 39.3 Å². The van der Waals surface area contributed by atoms with E-state index in [2.05, 4.69) is 30.8 Å². The molecule has 1 aromatic rings. The van der Waals surface area contributed by atoms with E-state index in [1.807, 2.05) is 12.1 Å². The molecule has 0 saturated heterocycles. The van der Waals surface area contributed by atoms with Crippen LogP contribution >= 0.6 is 12.2 Å². The summed E-state index contributed by atoms with van der Waals surface area (Å²) in [4.78, 5) is 6.92. The van der Waals surface area contributed by atoms with Gasteiger partial charge < -0.3 is 5.73 Å². The fourth-order valence-electron chi connectivity index (χ4n) is 1.85. The molecule has 4 heteroatoms. The molecule has 2 N–H and O–H groups in total. The van der Waals surface area contributed by atoms with Crippen LogP contribution in [0.1, 0.15) is 37.9 Å². The number of hydrogen-bond donors (Lipinski definition) is 1. The van der Waals surface area contributed by atoms with Gasteiger partial charge in [0.1, 0.15) is 10.7 Å². The molecular weight excluding hydrogens is 230 g/mol. The lowest BCUT2D eigenvalue weighted by molar-refractivity contribution is 0.236. The van der Waals surface area contributed by atoms with Gasteiger partial charge in [-0.2, -0.15) is 0 Å². The fraction of sp³-hybridized carbons (Fsp3) is 0.538. The SMILES string of the molecule is CCCC(C)N(C)Cc1cccnc1C(N)=S. The highest BCUT2D eigenvalue weighted by Crippen LogP contribution is 2.12. The highest BCUT2D eigenvalue weighted by molar-refractivity contribution is 7.80. The van der Waals surface area contributed by atoms with Crippen LogP contribution in [0.5, 0.6) is 0 Å². The molecule has 0 amide bonds. The Morgan fingerprint density at radius 3 is 2.88 bits per heavy atom. The number of thiocarbonyl (C=S) groups is 1. The molecule has 17 heavy (non-hydrogen) atoms. The zero-order chi connectivity index (χ0) is 12.8. The van der Waals surface area contributed by atoms with Crippen LogP contribution in [-0.2, 0) is 6.54 Å². The Morgan fingerprint density at radius 2 is 2.29 bits per heavy atom. The maximum Gasteiger partial charge on any atom is 0.123 e. The molecule has 0 fully saturated rings. The topological polar surface area (TPSA) is 42.2 Å². The normalized spacial score (nSPS) is 12.7. The smallest absolute Gasteiger partial charge is 0.123 e. The van der Waals surface area contributed by atoms with E-state index >= 15 is 0 Å². The van der Waals surface area contributed by atoms with Crippen molar-refractivity contribution in [2.75, 3.05) is 7.05 Å². The fourth-order valence-corrected chi connectivity index (χ4v) is 2.03. The Hall–Kier alpha value is -1.00. The molecule has 1 rings (SSSR count). The first-order chi connectivity index (χ1) is 8.06. The van der Waals surface area contributed by atoms with E-state index in [0.29, 0.717) is 11.0 Å². The Morgan fingerprint density at radius 1 is 1.59 bits per heavy atom. The zero-order valence-electron chi connectivity index (χ0n) is 10.8. The van der Waals surface area contributed by atoms with Crippen LogP contribution in [0.15, 0.2) is 18.3 Å². The minimum Gasteiger partial charge on any atom is -0.388 e. The molecule has 0 bridgehead atoms. The van der Waals surface area contributed by atoms with E-state index < -0.39 is 0 Å². The Kier molecular flexibility index (Phi) is 5.51. The molecule has 0 aromatic carbocycles. The van der Waals surface area contributed by atoms with Crippen molar-refractivity contribution in [2.24, 2.45) is 5.73 Å². The first kappa shape index (κ1) is 14.1. The van der Waals surface area contributed by atoms with Gasteiger partial charge in [0.05, 0.1) is 0 Å². The lowest BCUT2D eigenvalue weighted by Crippen LogP contribution is -2.29. The van der Waals surface area contributed by atoms with E-state index in [1.54, 1.807) is 6.20 Å². The van der Waals surface area contributed by atoms with Crippen LogP contribution in [0.25, 0.3) is 0 Å². The second-order valence-corrected chi connectivity index (χ2v) is 4.87. The maximum atomic E-state index is 5.68. The lowest BCUT2D eigenvalue weighted by Gasteiger charge is -2.25. The third-order valence-electron chi connectivity index (χ3n) is 3.00. The van der Waals surface area contributed by atoms with Crippen molar-refractivity contribution in [3.8, 4) is 0 Å². The molecule has 1 unspecified atom stereocenters. The van der Waals surface area contributed by atoms with E-state index in [4.69, 9.17) is 18.0 Å². The molecule has 0 aliphatic rings. The van der Waals surface area contributed by atoms with Crippen LogP contribution < -0.4 is 5.73 Å². The lowest BCUT2D eigenvalue weighted by atomic mass is 10.1. The second kappa shape index (κ2) is 6.67. The molecule has 0 aliphatic carbocycles. The van der Waals surface area contributed by atoms with E-state index in [1.165, 1.54) is 12.8 Å². The van der Waals surface area contributed by atoms with E-state index in [-0.39, 0.29) is 0 Å². The quantitative estimate of drug-likeness (QED) is 0.788. The number of hydrogen-bond acceptors (Lipinski definition) is 3. The molecule has 1 atom stereocenters. The summed E-state index contributed by atoms with van der Waals surface area (Å²) in [6.45, 7) is 5.27. The van der Waals surface area contributed by atoms with Crippen LogP contribution in [-0.4, -0.2) is 28.0 Å². The maximum absolute atomic E-state index is 5.68. The third kappa shape index (κ3) is 4.06. The molecular formula is C13H21N3S. The summed E-state index contributed by atoms with van der Waals surface area (Å²) >= 11 is 5.02. The highest BCUT2D eigenvalue weighted by Gasteiger charge is 2.12. The summed E-state index contributed by atoms with van der Waals surface area (Å²) in [6, 6.07) is 4.52. The molecule has 0 saturated carbocycles. The minimum absolute atomic E-state index is 0.372. The van der Waals surface area contributed by atoms with Gasteiger partial charge in [-0.15, -0.1) is 0 Å². The average Bonchev–Trinajstić information content (AvgIpc) is 2.29. The summed E-state index contributed by atoms with van der Waals surface area (Å²) in [5, 5.41) is 0. The summed E-state index contributed by atoms with van der Waals surface area (Å²) < 4.78 is 0. The predicted molar refractivity (Wildman–Crippen MR) is 76.0 cm³/mol. The van der Waals surface area contributed by atoms with Crippen LogP contribution in [0.4, 0.5) is 0 Å². The largest absolute Gasteiger partial charge is 0.388 e. The standard InChI is InChI=1S/C13H21N3S/c1-4-6-10(2)16(3)9-11-7-5-8-15-12(11)13(14)17/h5,7-8,10H,4,6,9H2,1-3H3,(H2,14,17). The molecule has 0 aliphatic heterocycles. The first-order valence-electron chi connectivity index (χ1n) is 6.00. The van der Waals surface area contributed by atoms with Crippen molar-refractivity contribution < 1.29 is 0 Å². The van der Waals surface area contributed by atoms with Crippen molar-refractivity contribution in [1.82, 2.24) is 9.88 Å². The third-order valence-corrected chi connectivity index (χ3v) is 3.20. The van der Waals surface area contributed by atoms with E-state index in [0.717, 1.165) is 17.8 Å². The summed E-state index contributed by atoms with van der Waals surface area (Å²) in [6.07, 6.45) is 4.12. The van der Waals surface area contributed by atoms with Crippen LogP contribution in [0, 0.1) is 0 Å². The van der Waals surface area contributed by atoms with Gasteiger partial charge in [0, 0.05) is 18.8 Å². The second-order valence-electron chi connectivity index (χ2n) is 4.43. The summed E-state index contributed by atoms with van der Waals surface area (Å²) in [5.74, 6) is 0. The highest BCUT2D eigenvalue weighted by atomic mass is 32.1. The van der Waals surface area contributed by atoms with Gasteiger partial charge in [-0.05, 0) is 32.0 Å². The zero-order valence-corrected chi connectivity index (χ0v) is 11.6. The van der Waals surface area contributed by atoms with Crippen molar-refractivity contribution in [3.63, 3.8) is 0 Å². The van der Waals surface area contributed by atoms with Gasteiger partial charge in [0.15, 0.2) is 0 Å². The van der Waals surface area contributed by atoms with Crippen molar-refractivity contribution >= 4 is 17.2 Å². The number of rotatable bonds is 6. The van der Waals surface area contributed by atoms with Gasteiger partial charge in [0.2, 0.25) is 0 Å². The Bertz CT molecular complexity index is 379. The number of nitrogens with zero attached hydrogens (tertiary/aromatic N) is 2. The summed E-state index contributed by atoms with van der Waals surface area (Å²) in [7, 11) is 2.12. The number of nitrogens with two attached hydrogens (primary N) is 1. The van der Waals surface area contributed by atoms with E-state index in [9.17, 15) is 0 Å². The van der Waals surface area contributed by atoms with Gasteiger partial charge in [-0.25, -0.2) is 0 Å². The molecule has 0 spiro atoms. The monoisotopic (exact) mass is 251 g/mol. The molecule has 1 heterocycles. The van der Waals surface area contributed by atoms with Crippen LogP contribution in [0.3, 0.4) is 0 Å². The van der Waals surface area contributed by atoms with Crippen molar-refractivity contribution in [1.29, 1.82) is 0 Å².